The number of nitrogens with one attached hydrogen (secondary N) is 1. The lowest BCUT2D eigenvalue weighted by atomic mass is 10.0. The van der Waals surface area contributed by atoms with Crippen LogP contribution in [0, 0.1) is 5.82 Å². The van der Waals surface area contributed by atoms with Crippen LogP contribution in [0.25, 0.3) is 0 Å². The van der Waals surface area contributed by atoms with Crippen LogP contribution in [0.1, 0.15) is 38.3 Å². The first-order valence-electron chi connectivity index (χ1n) is 7.30. The lowest BCUT2D eigenvalue weighted by Gasteiger charge is -2.29. The van der Waals surface area contributed by atoms with Gasteiger partial charge in [0.05, 0.1) is 10.6 Å². The number of halogens is 1. The first-order chi connectivity index (χ1) is 9.94. The van der Waals surface area contributed by atoms with Crippen molar-refractivity contribution in [2.24, 2.45) is 0 Å². The molecular weight excluding hydrogens is 309 g/mol. The maximum atomic E-state index is 13.5. The van der Waals surface area contributed by atoms with Gasteiger partial charge in [0.2, 0.25) is 0 Å². The number of hydrogen-bond acceptors (Lipinski definition) is 4. The summed E-state index contributed by atoms with van der Waals surface area (Å²) in [6, 6.07) is 4.18. The van der Waals surface area contributed by atoms with Crippen LogP contribution in [0.15, 0.2) is 23.1 Å². The second-order valence-electron chi connectivity index (χ2n) is 5.40. The number of hydrogen-bond donors (Lipinski definition) is 1. The van der Waals surface area contributed by atoms with E-state index >= 15 is 0 Å². The maximum Gasteiger partial charge on any atom is 0.178 e. The predicted molar refractivity (Wildman–Crippen MR) is 86.0 cm³/mol. The third-order valence-corrected chi connectivity index (χ3v) is 6.49. The Morgan fingerprint density at radius 2 is 2.24 bits per heavy atom. The van der Waals surface area contributed by atoms with Gasteiger partial charge < -0.3 is 5.32 Å². The summed E-state index contributed by atoms with van der Waals surface area (Å²) >= 11 is 1.89. The summed E-state index contributed by atoms with van der Waals surface area (Å²) in [7, 11) is -3.26. The van der Waals surface area contributed by atoms with Gasteiger partial charge in [0.15, 0.2) is 9.84 Å². The molecule has 0 saturated carbocycles. The average Bonchev–Trinajstić information content (AvgIpc) is 2.42. The van der Waals surface area contributed by atoms with E-state index < -0.39 is 9.84 Å². The zero-order valence-electron chi connectivity index (χ0n) is 12.4. The quantitative estimate of drug-likeness (QED) is 0.642. The third-order valence-electron chi connectivity index (χ3n) is 3.74. The van der Waals surface area contributed by atoms with Crippen molar-refractivity contribution >= 4 is 21.6 Å². The van der Waals surface area contributed by atoms with Crippen molar-refractivity contribution < 1.29 is 12.8 Å². The van der Waals surface area contributed by atoms with Gasteiger partial charge in [-0.3, -0.25) is 0 Å². The molecule has 0 aromatic heterocycles. The van der Waals surface area contributed by atoms with Crippen LogP contribution in [0.3, 0.4) is 0 Å². The fourth-order valence-corrected chi connectivity index (χ4v) is 5.03. The molecule has 118 valence electrons. The predicted octanol–water partition coefficient (Wildman–Crippen LogP) is 3.17. The fourth-order valence-electron chi connectivity index (χ4n) is 2.62. The van der Waals surface area contributed by atoms with Crippen molar-refractivity contribution in [2.75, 3.05) is 17.3 Å². The molecule has 0 aliphatic carbocycles. The minimum Gasteiger partial charge on any atom is -0.307 e. The smallest absolute Gasteiger partial charge is 0.178 e. The Labute approximate surface area is 130 Å². The Hall–Kier alpha value is -0.590. The average molecular weight is 331 g/mol. The molecule has 1 heterocycles. The van der Waals surface area contributed by atoms with E-state index in [1.54, 1.807) is 0 Å². The highest BCUT2D eigenvalue weighted by Crippen LogP contribution is 2.33. The van der Waals surface area contributed by atoms with Gasteiger partial charge in [-0.15, -0.1) is 0 Å². The van der Waals surface area contributed by atoms with Crippen LogP contribution in [-0.4, -0.2) is 31.7 Å². The molecule has 0 saturated heterocycles. The first-order valence-corrected chi connectivity index (χ1v) is 10.1. The topological polar surface area (TPSA) is 46.2 Å². The number of sulfone groups is 1. The first kappa shape index (κ1) is 16.8. The van der Waals surface area contributed by atoms with E-state index in [-0.39, 0.29) is 28.5 Å². The second kappa shape index (κ2) is 7.11. The molecule has 2 atom stereocenters. The van der Waals surface area contributed by atoms with E-state index in [1.807, 2.05) is 11.8 Å². The third kappa shape index (κ3) is 4.20. The zero-order valence-corrected chi connectivity index (χ0v) is 14.1. The molecule has 6 heteroatoms. The second-order valence-corrected chi connectivity index (χ2v) is 8.87. The van der Waals surface area contributed by atoms with Gasteiger partial charge in [-0.05, 0) is 55.0 Å². The molecule has 1 N–H and O–H groups in total. The Morgan fingerprint density at radius 1 is 1.48 bits per heavy atom. The summed E-state index contributed by atoms with van der Waals surface area (Å²) in [5.41, 5.74) is 0.580. The highest BCUT2D eigenvalue weighted by Gasteiger charge is 2.31. The van der Waals surface area contributed by atoms with E-state index in [1.165, 1.54) is 18.2 Å². The summed E-state index contributed by atoms with van der Waals surface area (Å²) < 4.78 is 37.6. The highest BCUT2D eigenvalue weighted by molar-refractivity contribution is 7.99. The normalized spacial score (nSPS) is 21.8. The Balaban J connectivity index is 2.14. The van der Waals surface area contributed by atoms with Gasteiger partial charge in [0.1, 0.15) is 5.82 Å². The minimum atomic E-state index is -3.26. The van der Waals surface area contributed by atoms with Crippen molar-refractivity contribution in [3.05, 3.63) is 29.6 Å². The Kier molecular flexibility index (Phi) is 5.68. The van der Waals surface area contributed by atoms with Crippen molar-refractivity contribution in [3.8, 4) is 0 Å². The molecule has 0 amide bonds. The molecule has 1 aromatic carbocycles. The molecule has 1 aliphatic rings. The molecule has 0 fully saturated rings. The number of thioether (sulfide) groups is 1. The summed E-state index contributed by atoms with van der Waals surface area (Å²) in [4.78, 5) is 0.280. The summed E-state index contributed by atoms with van der Waals surface area (Å²) in [6.07, 6.45) is 1.52. The minimum absolute atomic E-state index is 0.0825. The molecule has 1 aliphatic heterocycles. The van der Waals surface area contributed by atoms with E-state index in [2.05, 4.69) is 19.2 Å². The lowest BCUT2D eigenvalue weighted by molar-refractivity contribution is 0.424. The Bertz CT molecular complexity index is 589. The standard InChI is InChI=1S/C15H22FNO2S2/c1-3-20-8-6-11(2)17-14-7-9-21(18,19)15-5-4-12(16)10-13(14)15/h4-5,10-11,14,17H,3,6-9H2,1-2H3. The van der Waals surface area contributed by atoms with Gasteiger partial charge in [0, 0.05) is 12.1 Å². The molecular formula is C15H22FNO2S2. The van der Waals surface area contributed by atoms with E-state index in [0.29, 0.717) is 12.0 Å². The van der Waals surface area contributed by atoms with Crippen LogP contribution in [-0.2, 0) is 9.84 Å². The van der Waals surface area contributed by atoms with E-state index in [9.17, 15) is 12.8 Å². The molecule has 21 heavy (non-hydrogen) atoms. The molecule has 2 unspecified atom stereocenters. The molecule has 1 aromatic rings. The lowest BCUT2D eigenvalue weighted by Crippen LogP contribution is -2.35. The van der Waals surface area contributed by atoms with Gasteiger partial charge in [-0.25, -0.2) is 12.8 Å². The van der Waals surface area contributed by atoms with Gasteiger partial charge >= 0.3 is 0 Å². The summed E-state index contributed by atoms with van der Waals surface area (Å²) in [6.45, 7) is 4.23. The van der Waals surface area contributed by atoms with E-state index in [0.717, 1.165) is 17.9 Å². The molecule has 0 bridgehead atoms. The number of benzene rings is 1. The highest BCUT2D eigenvalue weighted by atomic mass is 32.2. The SMILES string of the molecule is CCSCCC(C)NC1CCS(=O)(=O)c2ccc(F)cc21. The van der Waals surface area contributed by atoms with Crippen LogP contribution in [0.5, 0.6) is 0 Å². The van der Waals surface area contributed by atoms with Crippen molar-refractivity contribution in [2.45, 2.75) is 43.7 Å². The van der Waals surface area contributed by atoms with Crippen molar-refractivity contribution in [1.82, 2.24) is 5.32 Å². The fraction of sp³-hybridized carbons (Fsp3) is 0.600. The monoisotopic (exact) mass is 331 g/mol. The maximum absolute atomic E-state index is 13.5. The summed E-state index contributed by atoms with van der Waals surface area (Å²) in [5.74, 6) is 1.92. The van der Waals surface area contributed by atoms with Crippen molar-refractivity contribution in [1.29, 1.82) is 0 Å². The van der Waals surface area contributed by atoms with Gasteiger partial charge in [-0.2, -0.15) is 11.8 Å². The van der Waals surface area contributed by atoms with Crippen LogP contribution >= 0.6 is 11.8 Å². The van der Waals surface area contributed by atoms with E-state index in [4.69, 9.17) is 0 Å². The zero-order chi connectivity index (χ0) is 15.5. The van der Waals surface area contributed by atoms with Gasteiger partial charge in [0.25, 0.3) is 0 Å². The molecule has 2 rings (SSSR count). The van der Waals surface area contributed by atoms with Crippen LogP contribution in [0.4, 0.5) is 4.39 Å². The van der Waals surface area contributed by atoms with Crippen molar-refractivity contribution in [3.63, 3.8) is 0 Å². The Morgan fingerprint density at radius 3 is 2.95 bits per heavy atom. The van der Waals surface area contributed by atoms with Crippen LogP contribution in [0.2, 0.25) is 0 Å². The number of fused-ring (bicyclic) bond motifs is 1. The number of rotatable bonds is 6. The largest absolute Gasteiger partial charge is 0.307 e. The molecule has 3 nitrogen and oxygen atoms in total. The van der Waals surface area contributed by atoms with Crippen LogP contribution < -0.4 is 5.32 Å². The molecule has 0 spiro atoms. The molecule has 0 radical (unpaired) electrons. The van der Waals surface area contributed by atoms with Gasteiger partial charge in [-0.1, -0.05) is 6.92 Å². The summed E-state index contributed by atoms with van der Waals surface area (Å²) in [5, 5.41) is 3.45.